The maximum absolute atomic E-state index is 12.7. The molecule has 4 heteroatoms. The fourth-order valence-corrected chi connectivity index (χ4v) is 7.34. The van der Waals surface area contributed by atoms with E-state index in [0.717, 1.165) is 31.2 Å². The lowest BCUT2D eigenvalue weighted by Crippen LogP contribution is -2.70. The summed E-state index contributed by atoms with van der Waals surface area (Å²) in [5.41, 5.74) is -0.0889. The van der Waals surface area contributed by atoms with E-state index in [1.165, 1.54) is 0 Å². The Morgan fingerprint density at radius 3 is 2.58 bits per heavy atom. The Morgan fingerprint density at radius 1 is 1.31 bits per heavy atom. The Bertz CT molecular complexity index is 709. The molecule has 3 nitrogen and oxygen atoms in total. The highest BCUT2D eigenvalue weighted by molar-refractivity contribution is 6.24. The second-order valence-corrected chi connectivity index (χ2v) is 10.0. The summed E-state index contributed by atoms with van der Waals surface area (Å²) in [5, 5.41) is 11.9. The summed E-state index contributed by atoms with van der Waals surface area (Å²) >= 11 is 6.93. The number of rotatable bonds is 4. The highest BCUT2D eigenvalue weighted by atomic mass is 35.5. The number of carbonyl (C=O) groups is 1. The summed E-state index contributed by atoms with van der Waals surface area (Å²) in [7, 11) is 1.90. The van der Waals surface area contributed by atoms with Gasteiger partial charge in [-0.15, -0.1) is 11.6 Å². The lowest BCUT2D eigenvalue weighted by Gasteiger charge is -2.69. The van der Waals surface area contributed by atoms with Gasteiger partial charge in [-0.25, -0.2) is 0 Å². The normalized spacial score (nSPS) is 41.9. The molecule has 6 atom stereocenters. The molecule has 1 amide bonds. The third-order valence-electron chi connectivity index (χ3n) is 7.74. The molecule has 5 rings (SSSR count). The number of amides is 1. The number of alkyl halides is 1. The maximum Gasteiger partial charge on any atom is 0.222 e. The molecule has 1 N–H and O–H groups in total. The van der Waals surface area contributed by atoms with E-state index in [1.54, 1.807) is 0 Å². The van der Waals surface area contributed by atoms with Crippen LogP contribution in [-0.2, 0) is 4.79 Å². The molecule has 4 saturated carbocycles. The number of benzene rings is 1. The van der Waals surface area contributed by atoms with E-state index in [9.17, 15) is 9.90 Å². The van der Waals surface area contributed by atoms with Crippen molar-refractivity contribution in [2.24, 2.45) is 17.3 Å². The van der Waals surface area contributed by atoms with E-state index in [1.807, 2.05) is 37.1 Å². The van der Waals surface area contributed by atoms with Crippen LogP contribution in [0.15, 0.2) is 30.3 Å². The molecule has 26 heavy (non-hydrogen) atoms. The number of hydrogen-bond acceptors (Lipinski definition) is 2. The van der Waals surface area contributed by atoms with Gasteiger partial charge in [0.15, 0.2) is 0 Å². The van der Waals surface area contributed by atoms with Crippen LogP contribution in [-0.4, -0.2) is 33.4 Å². The summed E-state index contributed by atoms with van der Waals surface area (Å²) in [6, 6.07) is 10.1. The first-order valence-corrected chi connectivity index (χ1v) is 10.3. The molecule has 4 aliphatic rings. The highest BCUT2D eigenvalue weighted by Gasteiger charge is 2.69. The van der Waals surface area contributed by atoms with Crippen LogP contribution in [0.3, 0.4) is 0 Å². The Balaban J connectivity index is 1.84. The van der Waals surface area contributed by atoms with E-state index < -0.39 is 5.60 Å². The van der Waals surface area contributed by atoms with Crippen molar-refractivity contribution in [3.05, 3.63) is 35.9 Å². The number of nitrogens with zero attached hydrogens (tertiary/aromatic N) is 1. The smallest absolute Gasteiger partial charge is 0.222 e. The Kier molecular flexibility index (Phi) is 4.20. The zero-order chi connectivity index (χ0) is 18.7. The van der Waals surface area contributed by atoms with E-state index in [4.69, 9.17) is 11.6 Å². The van der Waals surface area contributed by atoms with Gasteiger partial charge in [0, 0.05) is 23.8 Å². The number of hydrogen-bond donors (Lipinski definition) is 1. The molecule has 0 heterocycles. The van der Waals surface area contributed by atoms with E-state index >= 15 is 0 Å². The van der Waals surface area contributed by atoms with Gasteiger partial charge in [-0.3, -0.25) is 4.79 Å². The molecule has 1 aromatic carbocycles. The molecule has 0 spiro atoms. The van der Waals surface area contributed by atoms with Crippen LogP contribution in [0.5, 0.6) is 0 Å². The van der Waals surface area contributed by atoms with Crippen molar-refractivity contribution >= 4 is 17.5 Å². The first kappa shape index (κ1) is 18.3. The van der Waals surface area contributed by atoms with Gasteiger partial charge in [-0.1, -0.05) is 44.2 Å². The van der Waals surface area contributed by atoms with Crippen molar-refractivity contribution in [3.63, 3.8) is 0 Å². The molecule has 1 aromatic rings. The number of carbonyl (C=O) groups excluding carboxylic acids is 1. The van der Waals surface area contributed by atoms with Crippen LogP contribution in [0, 0.1) is 17.3 Å². The van der Waals surface area contributed by atoms with Crippen molar-refractivity contribution in [1.29, 1.82) is 0 Å². The van der Waals surface area contributed by atoms with E-state index in [-0.39, 0.29) is 22.2 Å². The zero-order valence-electron chi connectivity index (χ0n) is 16.0. The van der Waals surface area contributed by atoms with Gasteiger partial charge >= 0.3 is 0 Å². The zero-order valence-corrected chi connectivity index (χ0v) is 16.8. The lowest BCUT2D eigenvalue weighted by atomic mass is 9.41. The molecule has 0 aromatic heterocycles. The van der Waals surface area contributed by atoms with Gasteiger partial charge < -0.3 is 10.0 Å². The SMILES string of the molecule is CCC(=O)N(C)[C@@H](c1ccccc1)[C@@]1(C)C2CC3C[C@](Cl)(C2)C[C@@]1(O)C3. The minimum atomic E-state index is -0.818. The Hall–Kier alpha value is -1.06. The molecule has 4 fully saturated rings. The monoisotopic (exact) mass is 375 g/mol. The Labute approximate surface area is 161 Å². The molecule has 4 bridgehead atoms. The molecule has 0 radical (unpaired) electrons. The van der Waals surface area contributed by atoms with Crippen molar-refractivity contribution < 1.29 is 9.90 Å². The summed E-state index contributed by atoms with van der Waals surface area (Å²) in [5.74, 6) is 0.975. The Morgan fingerprint density at radius 2 is 2.00 bits per heavy atom. The summed E-state index contributed by atoms with van der Waals surface area (Å²) in [4.78, 5) is 14.3. The third-order valence-corrected chi connectivity index (χ3v) is 8.18. The molecular formula is C22H30ClNO2. The van der Waals surface area contributed by atoms with Gasteiger partial charge in [-0.05, 0) is 49.5 Å². The standard InChI is InChI=1S/C22H30ClNO2/c1-4-18(25)24(3)19(16-8-6-5-7-9-16)20(2)17-10-15-11-21(23,13-17)14-22(20,26)12-15/h5-9,15,17,19,26H,4,10-14H2,1-3H3/t15?,17?,19-,20+,21-,22-/m0/s1. The van der Waals surface area contributed by atoms with Crippen LogP contribution in [0.25, 0.3) is 0 Å². The predicted octanol–water partition coefficient (Wildman–Crippen LogP) is 4.53. The average Bonchev–Trinajstić information content (AvgIpc) is 2.58. The van der Waals surface area contributed by atoms with Gasteiger partial charge in [0.25, 0.3) is 0 Å². The van der Waals surface area contributed by atoms with Gasteiger partial charge in [0.2, 0.25) is 5.91 Å². The van der Waals surface area contributed by atoms with Crippen molar-refractivity contribution in [2.75, 3.05) is 7.05 Å². The van der Waals surface area contributed by atoms with Gasteiger partial charge in [0.1, 0.15) is 0 Å². The van der Waals surface area contributed by atoms with Crippen LogP contribution < -0.4 is 0 Å². The van der Waals surface area contributed by atoms with Crippen molar-refractivity contribution in [1.82, 2.24) is 4.90 Å². The second-order valence-electron chi connectivity index (χ2n) is 9.22. The number of aliphatic hydroxyl groups is 1. The predicted molar refractivity (Wildman–Crippen MR) is 104 cm³/mol. The molecule has 4 aliphatic carbocycles. The third kappa shape index (κ3) is 2.46. The minimum absolute atomic E-state index is 0.123. The van der Waals surface area contributed by atoms with Crippen LogP contribution in [0.2, 0.25) is 0 Å². The molecular weight excluding hydrogens is 346 g/mol. The average molecular weight is 376 g/mol. The van der Waals surface area contributed by atoms with Crippen molar-refractivity contribution in [2.45, 2.75) is 68.9 Å². The molecule has 0 saturated heterocycles. The first-order chi connectivity index (χ1) is 12.2. The summed E-state index contributed by atoms with van der Waals surface area (Å²) in [6.07, 6.45) is 5.02. The highest BCUT2D eigenvalue weighted by Crippen LogP contribution is 2.70. The quantitative estimate of drug-likeness (QED) is 0.785. The fraction of sp³-hybridized carbons (Fsp3) is 0.682. The van der Waals surface area contributed by atoms with Crippen LogP contribution in [0.4, 0.5) is 0 Å². The summed E-state index contributed by atoms with van der Waals surface area (Å²) in [6.45, 7) is 4.12. The van der Waals surface area contributed by atoms with Crippen molar-refractivity contribution in [3.8, 4) is 0 Å². The van der Waals surface area contributed by atoms with Crippen LogP contribution in [0.1, 0.15) is 64.0 Å². The van der Waals surface area contributed by atoms with E-state index in [0.29, 0.717) is 24.7 Å². The fourth-order valence-electron chi connectivity index (χ4n) is 6.71. The number of halogens is 1. The maximum atomic E-state index is 12.7. The molecule has 142 valence electrons. The van der Waals surface area contributed by atoms with Crippen LogP contribution >= 0.6 is 11.6 Å². The van der Waals surface area contributed by atoms with Gasteiger partial charge in [0.05, 0.1) is 11.6 Å². The summed E-state index contributed by atoms with van der Waals surface area (Å²) < 4.78 is 0. The molecule has 2 unspecified atom stereocenters. The first-order valence-electron chi connectivity index (χ1n) is 9.94. The lowest BCUT2D eigenvalue weighted by molar-refractivity contribution is -0.238. The topological polar surface area (TPSA) is 40.5 Å². The molecule has 0 aliphatic heterocycles. The second kappa shape index (κ2) is 5.97. The minimum Gasteiger partial charge on any atom is -0.389 e. The van der Waals surface area contributed by atoms with Gasteiger partial charge in [-0.2, -0.15) is 0 Å². The largest absolute Gasteiger partial charge is 0.389 e. The van der Waals surface area contributed by atoms with E-state index in [2.05, 4.69) is 19.1 Å².